The van der Waals surface area contributed by atoms with E-state index >= 15 is 0 Å². The van der Waals surface area contributed by atoms with Crippen LogP contribution >= 0.6 is 27.5 Å². The van der Waals surface area contributed by atoms with Gasteiger partial charge in [0.2, 0.25) is 0 Å². The number of aryl methyl sites for hydroxylation is 1. The van der Waals surface area contributed by atoms with Gasteiger partial charge in [0, 0.05) is 23.3 Å². The monoisotopic (exact) mass is 298 g/mol. The summed E-state index contributed by atoms with van der Waals surface area (Å²) < 4.78 is 2.49. The molecule has 0 aliphatic rings. The van der Waals surface area contributed by atoms with Crippen LogP contribution in [0.3, 0.4) is 0 Å². The predicted octanol–water partition coefficient (Wildman–Crippen LogP) is 3.32. The molecule has 0 aliphatic heterocycles. The van der Waals surface area contributed by atoms with Gasteiger partial charge in [-0.15, -0.1) is 0 Å². The third-order valence-corrected chi connectivity index (χ3v) is 2.98. The topological polar surface area (TPSA) is 34.9 Å². The molecular weight excluding hydrogens is 291 g/mol. The van der Waals surface area contributed by atoms with E-state index in [0.717, 1.165) is 16.3 Å². The van der Waals surface area contributed by atoms with Gasteiger partial charge in [0.05, 0.1) is 10.6 Å². The van der Waals surface area contributed by atoms with E-state index in [1.165, 1.54) is 0 Å². The fraction of sp³-hybridized carbons (Fsp3) is 0.0909. The van der Waals surface area contributed by atoms with Crippen molar-refractivity contribution in [3.63, 3.8) is 0 Å². The normalized spacial score (nSPS) is 10.4. The van der Waals surface area contributed by atoms with Crippen molar-refractivity contribution in [1.82, 2.24) is 9.78 Å². The molecule has 0 unspecified atom stereocenters. The lowest BCUT2D eigenvalue weighted by Crippen LogP contribution is -1.88. The minimum atomic E-state index is 0.534. The van der Waals surface area contributed by atoms with E-state index in [-0.39, 0.29) is 0 Å². The second-order valence-electron chi connectivity index (χ2n) is 3.35. The molecule has 16 heavy (non-hydrogen) atoms. The lowest BCUT2D eigenvalue weighted by atomic mass is 10.1. The van der Waals surface area contributed by atoms with E-state index in [1.54, 1.807) is 24.0 Å². The Hall–Kier alpha value is -1.13. The highest BCUT2D eigenvalue weighted by atomic mass is 79.9. The predicted molar refractivity (Wildman–Crippen MR) is 66.7 cm³/mol. The van der Waals surface area contributed by atoms with E-state index in [2.05, 4.69) is 21.0 Å². The van der Waals surface area contributed by atoms with Crippen LogP contribution in [0.25, 0.3) is 11.3 Å². The van der Waals surface area contributed by atoms with Crippen LogP contribution in [-0.4, -0.2) is 16.1 Å². The van der Waals surface area contributed by atoms with Crippen LogP contribution in [-0.2, 0) is 7.05 Å². The van der Waals surface area contributed by atoms with Crippen LogP contribution in [0.5, 0.6) is 0 Å². The highest BCUT2D eigenvalue weighted by Gasteiger charge is 2.12. The number of hydrogen-bond acceptors (Lipinski definition) is 2. The first kappa shape index (κ1) is 11.4. The van der Waals surface area contributed by atoms with E-state index in [4.69, 9.17) is 11.6 Å². The maximum absolute atomic E-state index is 10.9. The van der Waals surface area contributed by atoms with E-state index < -0.39 is 0 Å². The Morgan fingerprint density at radius 1 is 1.50 bits per heavy atom. The summed E-state index contributed by atoms with van der Waals surface area (Å²) in [5.41, 5.74) is 1.90. The molecular formula is C11H8BrClN2O. The summed E-state index contributed by atoms with van der Waals surface area (Å²) in [5, 5.41) is 4.79. The molecule has 0 bridgehead atoms. The Balaban J connectivity index is 2.62. The summed E-state index contributed by atoms with van der Waals surface area (Å²) in [4.78, 5) is 10.9. The van der Waals surface area contributed by atoms with Crippen molar-refractivity contribution in [3.8, 4) is 11.3 Å². The van der Waals surface area contributed by atoms with Crippen molar-refractivity contribution in [1.29, 1.82) is 0 Å². The standard InChI is InChI=1S/C11H8BrClN2O/c1-15-5-7(6-16)11(14-15)9-3-2-8(12)4-10(9)13/h2-6H,1H3. The highest BCUT2D eigenvalue weighted by molar-refractivity contribution is 9.10. The summed E-state index contributed by atoms with van der Waals surface area (Å²) in [5.74, 6) is 0. The molecule has 0 fully saturated rings. The molecule has 0 saturated carbocycles. The number of aromatic nitrogens is 2. The number of halogens is 2. The van der Waals surface area contributed by atoms with Crippen LogP contribution in [0, 0.1) is 0 Å². The molecule has 1 heterocycles. The van der Waals surface area contributed by atoms with Gasteiger partial charge in [-0.1, -0.05) is 33.6 Å². The van der Waals surface area contributed by atoms with Crippen LogP contribution < -0.4 is 0 Å². The van der Waals surface area contributed by atoms with Crippen molar-refractivity contribution in [2.24, 2.45) is 7.05 Å². The van der Waals surface area contributed by atoms with Crippen molar-refractivity contribution in [2.45, 2.75) is 0 Å². The zero-order chi connectivity index (χ0) is 11.7. The third kappa shape index (κ3) is 2.03. The number of carbonyl (C=O) groups excluding carboxylic acids is 1. The first-order chi connectivity index (χ1) is 7.61. The number of rotatable bonds is 2. The van der Waals surface area contributed by atoms with E-state index in [9.17, 15) is 4.79 Å². The number of nitrogens with zero attached hydrogens (tertiary/aromatic N) is 2. The SMILES string of the molecule is Cn1cc(C=O)c(-c2ccc(Br)cc2Cl)n1. The zero-order valence-corrected chi connectivity index (χ0v) is 10.8. The number of carbonyl (C=O) groups is 1. The Morgan fingerprint density at radius 2 is 2.25 bits per heavy atom. The second kappa shape index (κ2) is 4.39. The smallest absolute Gasteiger partial charge is 0.153 e. The van der Waals surface area contributed by atoms with Crippen molar-refractivity contribution < 1.29 is 4.79 Å². The van der Waals surface area contributed by atoms with Gasteiger partial charge in [-0.2, -0.15) is 5.10 Å². The molecule has 1 aromatic heterocycles. The van der Waals surface area contributed by atoms with Gasteiger partial charge >= 0.3 is 0 Å². The van der Waals surface area contributed by atoms with Gasteiger partial charge in [0.15, 0.2) is 6.29 Å². The molecule has 0 radical (unpaired) electrons. The minimum absolute atomic E-state index is 0.534. The average molecular weight is 300 g/mol. The quantitative estimate of drug-likeness (QED) is 0.797. The van der Waals surface area contributed by atoms with Crippen LogP contribution in [0.2, 0.25) is 5.02 Å². The number of hydrogen-bond donors (Lipinski definition) is 0. The number of benzene rings is 1. The first-order valence-corrected chi connectivity index (χ1v) is 5.73. The maximum Gasteiger partial charge on any atom is 0.153 e. The molecule has 3 nitrogen and oxygen atoms in total. The second-order valence-corrected chi connectivity index (χ2v) is 4.67. The van der Waals surface area contributed by atoms with E-state index in [0.29, 0.717) is 16.3 Å². The average Bonchev–Trinajstić information content (AvgIpc) is 2.59. The Kier molecular flexibility index (Phi) is 3.12. The largest absolute Gasteiger partial charge is 0.298 e. The fourth-order valence-corrected chi connectivity index (χ4v) is 2.25. The molecule has 82 valence electrons. The van der Waals surface area contributed by atoms with Crippen molar-refractivity contribution in [3.05, 3.63) is 39.5 Å². The lowest BCUT2D eigenvalue weighted by molar-refractivity contribution is 0.112. The lowest BCUT2D eigenvalue weighted by Gasteiger charge is -2.02. The molecule has 2 rings (SSSR count). The van der Waals surface area contributed by atoms with Gasteiger partial charge in [-0.05, 0) is 12.1 Å². The fourth-order valence-electron chi connectivity index (χ4n) is 1.48. The molecule has 0 aliphatic carbocycles. The summed E-state index contributed by atoms with van der Waals surface area (Å²) in [6, 6.07) is 5.48. The minimum Gasteiger partial charge on any atom is -0.298 e. The highest BCUT2D eigenvalue weighted by Crippen LogP contribution is 2.30. The molecule has 0 atom stereocenters. The Labute approximate surface area is 106 Å². The van der Waals surface area contributed by atoms with Crippen LogP contribution in [0.4, 0.5) is 0 Å². The van der Waals surface area contributed by atoms with Crippen molar-refractivity contribution >= 4 is 33.8 Å². The summed E-state index contributed by atoms with van der Waals surface area (Å²) in [7, 11) is 1.77. The zero-order valence-electron chi connectivity index (χ0n) is 8.45. The molecule has 0 saturated heterocycles. The van der Waals surface area contributed by atoms with E-state index in [1.807, 2.05) is 12.1 Å². The van der Waals surface area contributed by atoms with Crippen LogP contribution in [0.15, 0.2) is 28.9 Å². The molecule has 0 amide bonds. The first-order valence-electron chi connectivity index (χ1n) is 4.56. The third-order valence-electron chi connectivity index (χ3n) is 2.17. The molecule has 2 aromatic rings. The summed E-state index contributed by atoms with van der Waals surface area (Å²) >= 11 is 9.44. The van der Waals surface area contributed by atoms with Gasteiger partial charge in [0.1, 0.15) is 5.69 Å². The van der Waals surface area contributed by atoms with Crippen LogP contribution in [0.1, 0.15) is 10.4 Å². The number of aldehydes is 1. The van der Waals surface area contributed by atoms with Gasteiger partial charge < -0.3 is 0 Å². The summed E-state index contributed by atoms with van der Waals surface area (Å²) in [6.07, 6.45) is 2.45. The Morgan fingerprint density at radius 3 is 2.88 bits per heavy atom. The molecule has 0 spiro atoms. The maximum atomic E-state index is 10.9. The van der Waals surface area contributed by atoms with Gasteiger partial charge in [0.25, 0.3) is 0 Å². The molecule has 0 N–H and O–H groups in total. The van der Waals surface area contributed by atoms with Crippen molar-refractivity contribution in [2.75, 3.05) is 0 Å². The summed E-state index contributed by atoms with van der Waals surface area (Å²) in [6.45, 7) is 0. The molecule has 5 heteroatoms. The van der Waals surface area contributed by atoms with Gasteiger partial charge in [-0.3, -0.25) is 9.48 Å². The molecule has 1 aromatic carbocycles. The Bertz CT molecular complexity index is 551. The van der Waals surface area contributed by atoms with Gasteiger partial charge in [-0.25, -0.2) is 0 Å².